The van der Waals surface area contributed by atoms with Gasteiger partial charge < -0.3 is 10.1 Å². The summed E-state index contributed by atoms with van der Waals surface area (Å²) in [5.41, 5.74) is 3.72. The Hall–Kier alpha value is -3.19. The second kappa shape index (κ2) is 9.09. The molecule has 3 heterocycles. The third-order valence-electron chi connectivity index (χ3n) is 5.59. The molecule has 0 aliphatic carbocycles. The Morgan fingerprint density at radius 1 is 1.20 bits per heavy atom. The van der Waals surface area contributed by atoms with E-state index in [0.29, 0.717) is 11.3 Å². The predicted molar refractivity (Wildman–Crippen MR) is 115 cm³/mol. The van der Waals surface area contributed by atoms with Gasteiger partial charge in [-0.1, -0.05) is 12.1 Å². The Labute approximate surface area is 176 Å². The number of likely N-dealkylation sites (tertiary alicyclic amines) is 1. The van der Waals surface area contributed by atoms with E-state index in [1.54, 1.807) is 19.4 Å². The molecular formula is C23H27N5O2. The van der Waals surface area contributed by atoms with Crippen molar-refractivity contribution in [2.75, 3.05) is 20.2 Å². The number of benzene rings is 1. The molecule has 4 rings (SSSR count). The minimum atomic E-state index is -0.0707. The van der Waals surface area contributed by atoms with Gasteiger partial charge in [0.1, 0.15) is 5.75 Å². The van der Waals surface area contributed by atoms with Crippen LogP contribution in [0, 0.1) is 0 Å². The normalized spacial score (nSPS) is 15.1. The lowest BCUT2D eigenvalue weighted by atomic mass is 10.0. The number of hydrogen-bond acceptors (Lipinski definition) is 5. The first-order valence-electron chi connectivity index (χ1n) is 10.2. The van der Waals surface area contributed by atoms with E-state index >= 15 is 0 Å². The molecule has 0 spiro atoms. The van der Waals surface area contributed by atoms with Crippen LogP contribution >= 0.6 is 0 Å². The Kier molecular flexibility index (Phi) is 6.09. The van der Waals surface area contributed by atoms with Gasteiger partial charge in [-0.05, 0) is 43.2 Å². The molecule has 1 amide bonds. The van der Waals surface area contributed by atoms with Crippen LogP contribution in [0.5, 0.6) is 5.75 Å². The van der Waals surface area contributed by atoms with Crippen LogP contribution in [0.15, 0.2) is 54.9 Å². The lowest BCUT2D eigenvalue weighted by Crippen LogP contribution is -2.44. The van der Waals surface area contributed by atoms with Gasteiger partial charge in [0.05, 0.1) is 24.1 Å². The fraction of sp³-hybridized carbons (Fsp3) is 0.348. The number of carbonyl (C=O) groups excluding carboxylic acids is 1. The second-order valence-corrected chi connectivity index (χ2v) is 7.61. The molecule has 0 saturated carbocycles. The van der Waals surface area contributed by atoms with Crippen molar-refractivity contribution in [3.63, 3.8) is 0 Å². The van der Waals surface area contributed by atoms with Crippen molar-refractivity contribution in [3.05, 3.63) is 66.1 Å². The van der Waals surface area contributed by atoms with E-state index in [1.807, 2.05) is 48.3 Å². The van der Waals surface area contributed by atoms with E-state index in [9.17, 15) is 4.79 Å². The maximum Gasteiger partial charge on any atom is 0.255 e. The number of nitrogens with one attached hydrogen (secondary N) is 1. The van der Waals surface area contributed by atoms with Crippen molar-refractivity contribution in [1.82, 2.24) is 25.0 Å². The number of pyridine rings is 1. The topological polar surface area (TPSA) is 72.3 Å². The van der Waals surface area contributed by atoms with Gasteiger partial charge in [-0.2, -0.15) is 5.10 Å². The van der Waals surface area contributed by atoms with Gasteiger partial charge in [0.25, 0.3) is 5.91 Å². The summed E-state index contributed by atoms with van der Waals surface area (Å²) in [5, 5.41) is 7.79. The summed E-state index contributed by atoms with van der Waals surface area (Å²) < 4.78 is 7.25. The van der Waals surface area contributed by atoms with Crippen LogP contribution < -0.4 is 10.1 Å². The second-order valence-electron chi connectivity index (χ2n) is 7.61. The highest BCUT2D eigenvalue weighted by Gasteiger charge is 2.23. The number of aromatic nitrogens is 3. The van der Waals surface area contributed by atoms with E-state index in [0.717, 1.165) is 43.7 Å². The van der Waals surface area contributed by atoms with Crippen molar-refractivity contribution in [1.29, 1.82) is 0 Å². The maximum absolute atomic E-state index is 12.6. The Morgan fingerprint density at radius 3 is 2.73 bits per heavy atom. The Morgan fingerprint density at radius 2 is 2.00 bits per heavy atom. The van der Waals surface area contributed by atoms with Crippen LogP contribution in [0.3, 0.4) is 0 Å². The fourth-order valence-corrected chi connectivity index (χ4v) is 3.87. The van der Waals surface area contributed by atoms with Crippen LogP contribution in [0.1, 0.15) is 28.9 Å². The number of rotatable bonds is 6. The van der Waals surface area contributed by atoms with E-state index in [2.05, 4.69) is 26.4 Å². The van der Waals surface area contributed by atoms with E-state index in [4.69, 9.17) is 4.74 Å². The smallest absolute Gasteiger partial charge is 0.255 e. The lowest BCUT2D eigenvalue weighted by molar-refractivity contribution is 0.0905. The van der Waals surface area contributed by atoms with E-state index < -0.39 is 0 Å². The number of amides is 1. The van der Waals surface area contributed by atoms with Gasteiger partial charge in [0, 0.05) is 50.7 Å². The number of methoxy groups -OCH3 is 1. The first kappa shape index (κ1) is 20.1. The quantitative estimate of drug-likeness (QED) is 0.683. The van der Waals surface area contributed by atoms with Crippen molar-refractivity contribution in [3.8, 4) is 17.0 Å². The third-order valence-corrected chi connectivity index (χ3v) is 5.59. The minimum absolute atomic E-state index is 0.0707. The zero-order chi connectivity index (χ0) is 20.9. The monoisotopic (exact) mass is 405 g/mol. The molecule has 1 saturated heterocycles. The van der Waals surface area contributed by atoms with Gasteiger partial charge in [0.2, 0.25) is 0 Å². The van der Waals surface area contributed by atoms with Crippen molar-refractivity contribution < 1.29 is 9.53 Å². The summed E-state index contributed by atoms with van der Waals surface area (Å²) in [4.78, 5) is 19.2. The molecular weight excluding hydrogens is 378 g/mol. The fourth-order valence-electron chi connectivity index (χ4n) is 3.87. The maximum atomic E-state index is 12.6. The SMILES string of the molecule is COc1ccccc1C(=O)NC1CCN(Cc2cc(-c3cccnc3)nn2C)CC1. The number of hydrogen-bond donors (Lipinski definition) is 1. The zero-order valence-corrected chi connectivity index (χ0v) is 17.4. The van der Waals surface area contributed by atoms with Crippen molar-refractivity contribution >= 4 is 5.91 Å². The Balaban J connectivity index is 1.32. The summed E-state index contributed by atoms with van der Waals surface area (Å²) in [6.07, 6.45) is 5.45. The van der Waals surface area contributed by atoms with Crippen molar-refractivity contribution in [2.24, 2.45) is 7.05 Å². The highest BCUT2D eigenvalue weighted by molar-refractivity contribution is 5.97. The predicted octanol–water partition coefficient (Wildman–Crippen LogP) is 2.89. The van der Waals surface area contributed by atoms with E-state index in [-0.39, 0.29) is 11.9 Å². The number of nitrogens with zero attached hydrogens (tertiary/aromatic N) is 4. The van der Waals surface area contributed by atoms with Gasteiger partial charge in [-0.25, -0.2) is 0 Å². The molecule has 3 aromatic rings. The van der Waals surface area contributed by atoms with Crippen LogP contribution in [0.25, 0.3) is 11.3 Å². The first-order chi connectivity index (χ1) is 14.6. The molecule has 156 valence electrons. The number of carbonyl (C=O) groups is 1. The first-order valence-corrected chi connectivity index (χ1v) is 10.2. The molecule has 7 heteroatoms. The van der Waals surface area contributed by atoms with Gasteiger partial charge >= 0.3 is 0 Å². The average Bonchev–Trinajstić information content (AvgIpc) is 3.15. The molecule has 0 radical (unpaired) electrons. The summed E-state index contributed by atoms with van der Waals surface area (Å²) in [7, 11) is 3.57. The number of para-hydroxylation sites is 1. The highest BCUT2D eigenvalue weighted by Crippen LogP contribution is 2.21. The van der Waals surface area contributed by atoms with Crippen molar-refractivity contribution in [2.45, 2.75) is 25.4 Å². The summed E-state index contributed by atoms with van der Waals surface area (Å²) in [5.74, 6) is 0.534. The summed E-state index contributed by atoms with van der Waals surface area (Å²) in [6, 6.07) is 13.6. The molecule has 7 nitrogen and oxygen atoms in total. The minimum Gasteiger partial charge on any atom is -0.496 e. The average molecular weight is 406 g/mol. The number of aryl methyl sites for hydroxylation is 1. The van der Waals surface area contributed by atoms with Crippen LogP contribution in [0.2, 0.25) is 0 Å². The molecule has 2 aromatic heterocycles. The molecule has 1 aliphatic heterocycles. The van der Waals surface area contributed by atoms with Gasteiger partial charge in [0.15, 0.2) is 0 Å². The number of piperidine rings is 1. The molecule has 1 aromatic carbocycles. The summed E-state index contributed by atoms with van der Waals surface area (Å²) in [6.45, 7) is 2.71. The molecule has 0 unspecified atom stereocenters. The lowest BCUT2D eigenvalue weighted by Gasteiger charge is -2.32. The van der Waals surface area contributed by atoms with Crippen LogP contribution in [0.4, 0.5) is 0 Å². The highest BCUT2D eigenvalue weighted by atomic mass is 16.5. The molecule has 1 fully saturated rings. The molecule has 1 N–H and O–H groups in total. The van der Waals surface area contributed by atoms with Crippen LogP contribution in [-0.4, -0.2) is 51.8 Å². The van der Waals surface area contributed by atoms with E-state index in [1.165, 1.54) is 5.69 Å². The summed E-state index contributed by atoms with van der Waals surface area (Å²) >= 11 is 0. The Bertz CT molecular complexity index is 994. The molecule has 30 heavy (non-hydrogen) atoms. The van der Waals surface area contributed by atoms with Gasteiger partial charge in [-0.3, -0.25) is 19.4 Å². The van der Waals surface area contributed by atoms with Crippen LogP contribution in [-0.2, 0) is 13.6 Å². The van der Waals surface area contributed by atoms with Gasteiger partial charge in [-0.15, -0.1) is 0 Å². The standard InChI is InChI=1S/C23H27N5O2/c1-27-19(14-21(26-27)17-6-5-11-24-15-17)16-28-12-9-18(10-13-28)25-23(29)20-7-3-4-8-22(20)30-2/h3-8,11,14-15,18H,9-10,12-13,16H2,1-2H3,(H,25,29). The molecule has 0 bridgehead atoms. The third kappa shape index (κ3) is 4.52. The zero-order valence-electron chi connectivity index (χ0n) is 17.4. The molecule has 0 atom stereocenters. The molecule has 1 aliphatic rings. The largest absolute Gasteiger partial charge is 0.496 e. The number of ether oxygens (including phenoxy) is 1.